The Morgan fingerprint density at radius 3 is 2.32 bits per heavy atom. The first kappa shape index (κ1) is 21.9. The molecule has 2 aliphatic heterocycles. The Morgan fingerprint density at radius 1 is 1.00 bits per heavy atom. The fourth-order valence-electron chi connectivity index (χ4n) is 4.89. The SMILES string of the molecule is Cc1ccc(S(=O)(=O)N2C(=O)[C@]3(C)CN=C(c4ccccc4)[C@@]3(N=[N+]=[N-])c3ccccc32)cc1. The third kappa shape index (κ3) is 2.77. The van der Waals surface area contributed by atoms with E-state index >= 15 is 0 Å². The second-order valence-corrected chi connectivity index (χ2v) is 10.5. The van der Waals surface area contributed by atoms with Crippen molar-refractivity contribution in [2.75, 3.05) is 10.8 Å². The Bertz CT molecular complexity index is 1500. The Morgan fingerprint density at radius 2 is 1.65 bits per heavy atom. The number of benzene rings is 3. The third-order valence-corrected chi connectivity index (χ3v) is 8.38. The molecule has 0 radical (unpaired) electrons. The monoisotopic (exact) mass is 471 g/mol. The highest BCUT2D eigenvalue weighted by molar-refractivity contribution is 7.93. The first-order chi connectivity index (χ1) is 16.3. The van der Waals surface area contributed by atoms with Crippen molar-refractivity contribution in [2.24, 2.45) is 15.5 Å². The Balaban J connectivity index is 1.81. The highest BCUT2D eigenvalue weighted by Crippen LogP contribution is 2.58. The van der Waals surface area contributed by atoms with Crippen molar-refractivity contribution < 1.29 is 13.2 Å². The van der Waals surface area contributed by atoms with Crippen LogP contribution in [0.2, 0.25) is 0 Å². The minimum atomic E-state index is -4.24. The average Bonchev–Trinajstić information content (AvgIpc) is 3.15. The first-order valence-corrected chi connectivity index (χ1v) is 12.1. The molecule has 5 rings (SSSR count). The summed E-state index contributed by atoms with van der Waals surface area (Å²) in [6.45, 7) is 3.45. The van der Waals surface area contributed by atoms with E-state index in [1.54, 1.807) is 43.3 Å². The molecule has 9 heteroatoms. The van der Waals surface area contributed by atoms with Crippen molar-refractivity contribution in [1.82, 2.24) is 0 Å². The number of anilines is 1. The molecule has 0 unspecified atom stereocenters. The predicted octanol–water partition coefficient (Wildman–Crippen LogP) is 4.75. The van der Waals surface area contributed by atoms with E-state index in [1.807, 2.05) is 37.3 Å². The molecule has 0 saturated carbocycles. The summed E-state index contributed by atoms with van der Waals surface area (Å²) in [5.74, 6) is -0.686. The fraction of sp³-hybridized carbons (Fsp3) is 0.200. The molecule has 1 amide bonds. The van der Waals surface area contributed by atoms with Crippen LogP contribution in [0.5, 0.6) is 0 Å². The number of carbonyl (C=O) groups excluding carboxylic acids is 1. The van der Waals surface area contributed by atoms with E-state index in [1.165, 1.54) is 12.1 Å². The van der Waals surface area contributed by atoms with Crippen LogP contribution in [0.15, 0.2) is 93.9 Å². The van der Waals surface area contributed by atoms with Crippen LogP contribution in [-0.4, -0.2) is 26.6 Å². The van der Waals surface area contributed by atoms with Gasteiger partial charge < -0.3 is 0 Å². The molecule has 0 N–H and O–H groups in total. The van der Waals surface area contributed by atoms with Crippen molar-refractivity contribution in [2.45, 2.75) is 24.3 Å². The predicted molar refractivity (Wildman–Crippen MR) is 129 cm³/mol. The van der Waals surface area contributed by atoms with Crippen molar-refractivity contribution in [3.63, 3.8) is 0 Å². The molecule has 3 aromatic rings. The maximum Gasteiger partial charge on any atom is 0.270 e. The van der Waals surface area contributed by atoms with Gasteiger partial charge in [0.25, 0.3) is 10.0 Å². The smallest absolute Gasteiger partial charge is 0.270 e. The molecular weight excluding hydrogens is 450 g/mol. The fourth-order valence-corrected chi connectivity index (χ4v) is 6.42. The van der Waals surface area contributed by atoms with Crippen LogP contribution in [0, 0.1) is 12.3 Å². The lowest BCUT2D eigenvalue weighted by Gasteiger charge is -2.47. The van der Waals surface area contributed by atoms with Crippen molar-refractivity contribution in [3.05, 3.63) is 106 Å². The largest absolute Gasteiger partial charge is 0.287 e. The van der Waals surface area contributed by atoms with Gasteiger partial charge in [-0.3, -0.25) is 9.79 Å². The number of fused-ring (bicyclic) bond motifs is 3. The van der Waals surface area contributed by atoms with Gasteiger partial charge in [-0.05, 0) is 48.7 Å². The van der Waals surface area contributed by atoms with Gasteiger partial charge in [0.2, 0.25) is 5.91 Å². The van der Waals surface area contributed by atoms with Crippen LogP contribution in [0.3, 0.4) is 0 Å². The van der Waals surface area contributed by atoms with E-state index in [2.05, 4.69) is 15.0 Å². The molecule has 34 heavy (non-hydrogen) atoms. The van der Waals surface area contributed by atoms with Crippen molar-refractivity contribution in [3.8, 4) is 0 Å². The summed E-state index contributed by atoms with van der Waals surface area (Å²) >= 11 is 0. The summed E-state index contributed by atoms with van der Waals surface area (Å²) < 4.78 is 28.4. The molecule has 3 aromatic carbocycles. The molecule has 2 aliphatic rings. The second-order valence-electron chi connectivity index (χ2n) is 8.67. The number of hydrogen-bond donors (Lipinski definition) is 0. The standard InChI is InChI=1S/C25H21N5O3S/c1-17-12-14-19(15-13-17)34(32,33)30-21-11-7-6-10-20(21)25(28-29-26)22(18-8-4-3-5-9-18)27-16-24(25,2)23(30)31/h3-15H,16H2,1-2H3/t24-,25-/m0/s1. The van der Waals surface area contributed by atoms with E-state index in [0.717, 1.165) is 9.87 Å². The Hall–Kier alpha value is -3.94. The number of aryl methyl sites for hydroxylation is 1. The number of sulfonamides is 1. The summed E-state index contributed by atoms with van der Waals surface area (Å²) in [6.07, 6.45) is 0. The summed E-state index contributed by atoms with van der Waals surface area (Å²) in [4.78, 5) is 21.9. The zero-order chi connectivity index (χ0) is 24.1. The number of rotatable bonds is 4. The van der Waals surface area contributed by atoms with Crippen molar-refractivity contribution in [1.29, 1.82) is 0 Å². The topological polar surface area (TPSA) is 116 Å². The molecule has 0 fully saturated rings. The van der Waals surface area contributed by atoms with E-state index in [4.69, 9.17) is 0 Å². The number of azide groups is 1. The van der Waals surface area contributed by atoms with Gasteiger partial charge in [0.15, 0.2) is 0 Å². The lowest BCUT2D eigenvalue weighted by molar-refractivity contribution is -0.128. The van der Waals surface area contributed by atoms with Crippen LogP contribution in [-0.2, 0) is 20.4 Å². The van der Waals surface area contributed by atoms with Gasteiger partial charge in [0.05, 0.1) is 28.3 Å². The molecule has 0 bridgehead atoms. The molecule has 0 saturated heterocycles. The molecule has 2 atom stereocenters. The van der Waals surface area contributed by atoms with Crippen molar-refractivity contribution >= 4 is 27.3 Å². The molecule has 0 aromatic heterocycles. The lowest BCUT2D eigenvalue weighted by Crippen LogP contribution is -2.61. The lowest BCUT2D eigenvalue weighted by atomic mass is 9.63. The van der Waals surface area contributed by atoms with E-state index < -0.39 is 26.9 Å². The number of nitrogens with zero attached hydrogens (tertiary/aromatic N) is 5. The van der Waals surface area contributed by atoms with Crippen LogP contribution >= 0.6 is 0 Å². The van der Waals surface area contributed by atoms with Gasteiger partial charge in [-0.2, -0.15) is 0 Å². The minimum Gasteiger partial charge on any atom is -0.287 e. The van der Waals surface area contributed by atoms with E-state index in [0.29, 0.717) is 16.8 Å². The normalized spacial score (nSPS) is 23.5. The molecule has 0 spiro atoms. The highest BCUT2D eigenvalue weighted by atomic mass is 32.2. The first-order valence-electron chi connectivity index (χ1n) is 10.7. The Labute approximate surface area is 197 Å². The average molecular weight is 472 g/mol. The van der Waals surface area contributed by atoms with Gasteiger partial charge in [0, 0.05) is 4.91 Å². The summed E-state index contributed by atoms with van der Waals surface area (Å²) in [6, 6.07) is 22.2. The van der Waals surface area contributed by atoms with Crippen LogP contribution in [0.25, 0.3) is 10.4 Å². The van der Waals surface area contributed by atoms with Gasteiger partial charge in [-0.15, -0.1) is 0 Å². The Kier molecular flexibility index (Phi) is 4.86. The van der Waals surface area contributed by atoms with Gasteiger partial charge >= 0.3 is 0 Å². The number of amides is 1. The van der Waals surface area contributed by atoms with Gasteiger partial charge in [0.1, 0.15) is 5.54 Å². The molecular formula is C25H21N5O3S. The molecule has 0 aliphatic carbocycles. The van der Waals surface area contributed by atoms with Crippen LogP contribution in [0.4, 0.5) is 5.69 Å². The maximum atomic E-state index is 14.1. The zero-order valence-electron chi connectivity index (χ0n) is 18.6. The highest BCUT2D eigenvalue weighted by Gasteiger charge is 2.66. The summed E-state index contributed by atoms with van der Waals surface area (Å²) in [7, 11) is -4.24. The van der Waals surface area contributed by atoms with Crippen LogP contribution < -0.4 is 4.31 Å². The third-order valence-electron chi connectivity index (χ3n) is 6.66. The number of hydrogen-bond acceptors (Lipinski definition) is 5. The number of para-hydroxylation sites is 1. The maximum absolute atomic E-state index is 14.1. The summed E-state index contributed by atoms with van der Waals surface area (Å²) in [5.41, 5.74) is 9.32. The molecule has 2 heterocycles. The van der Waals surface area contributed by atoms with E-state index in [9.17, 15) is 18.7 Å². The number of aliphatic imine (C=N–C) groups is 1. The van der Waals surface area contributed by atoms with E-state index in [-0.39, 0.29) is 17.1 Å². The quantitative estimate of drug-likeness (QED) is 0.311. The van der Waals surface area contributed by atoms with Crippen LogP contribution in [0.1, 0.15) is 23.6 Å². The molecule has 8 nitrogen and oxygen atoms in total. The summed E-state index contributed by atoms with van der Waals surface area (Å²) in [5, 5.41) is 4.21. The van der Waals surface area contributed by atoms with Gasteiger partial charge in [-0.1, -0.05) is 71.3 Å². The van der Waals surface area contributed by atoms with Gasteiger partial charge in [-0.25, -0.2) is 12.7 Å². The number of carbonyl (C=O) groups is 1. The second kappa shape index (κ2) is 7.55. The molecule has 170 valence electrons. The zero-order valence-corrected chi connectivity index (χ0v) is 19.4. The minimum absolute atomic E-state index is 0.00309.